The van der Waals surface area contributed by atoms with Crippen molar-refractivity contribution in [3.05, 3.63) is 0 Å². The predicted molar refractivity (Wildman–Crippen MR) is 68.2 cm³/mol. The Morgan fingerprint density at radius 3 is 2.39 bits per heavy atom. The summed E-state index contributed by atoms with van der Waals surface area (Å²) in [6.07, 6.45) is 0.698. The second-order valence-electron chi connectivity index (χ2n) is 5.36. The molecule has 0 aliphatic rings. The molecule has 18 heavy (non-hydrogen) atoms. The Kier molecular flexibility index (Phi) is 6.68. The van der Waals surface area contributed by atoms with Gasteiger partial charge in [-0.1, -0.05) is 6.92 Å². The Balaban J connectivity index is 3.74. The molecule has 0 rings (SSSR count). The Labute approximate surface area is 108 Å². The molecule has 0 aliphatic heterocycles. The van der Waals surface area contributed by atoms with Gasteiger partial charge in [0.15, 0.2) is 0 Å². The number of aliphatic carboxylic acids is 1. The molecule has 6 heteroatoms. The minimum Gasteiger partial charge on any atom is -0.481 e. The molecule has 0 aromatic heterocycles. The Hall–Kier alpha value is -1.30. The number of hydrogen-bond donors (Lipinski definition) is 3. The lowest BCUT2D eigenvalue weighted by Gasteiger charge is -2.20. The average Bonchev–Trinajstić information content (AvgIpc) is 2.20. The van der Waals surface area contributed by atoms with Crippen molar-refractivity contribution in [2.45, 2.75) is 52.2 Å². The number of carbonyl (C=O) groups excluding carboxylic acids is 1. The molecule has 0 aromatic carbocycles. The Morgan fingerprint density at radius 2 is 1.94 bits per heavy atom. The van der Waals surface area contributed by atoms with Gasteiger partial charge in [-0.3, -0.25) is 4.79 Å². The first-order valence-electron chi connectivity index (χ1n) is 6.08. The summed E-state index contributed by atoms with van der Waals surface area (Å²) in [4.78, 5) is 22.0. The van der Waals surface area contributed by atoms with E-state index >= 15 is 0 Å². The second-order valence-corrected chi connectivity index (χ2v) is 5.36. The van der Waals surface area contributed by atoms with Gasteiger partial charge in [0, 0.05) is 12.6 Å². The molecule has 1 unspecified atom stereocenters. The van der Waals surface area contributed by atoms with Gasteiger partial charge < -0.3 is 20.9 Å². The van der Waals surface area contributed by atoms with Crippen molar-refractivity contribution in [1.82, 2.24) is 5.32 Å². The van der Waals surface area contributed by atoms with E-state index in [9.17, 15) is 9.59 Å². The number of amides is 1. The molecule has 6 nitrogen and oxygen atoms in total. The summed E-state index contributed by atoms with van der Waals surface area (Å²) >= 11 is 0. The molecule has 0 heterocycles. The molecule has 0 saturated heterocycles. The van der Waals surface area contributed by atoms with Gasteiger partial charge in [-0.15, -0.1) is 0 Å². The van der Waals surface area contributed by atoms with Gasteiger partial charge >= 0.3 is 12.1 Å². The van der Waals surface area contributed by atoms with Crippen LogP contribution in [0.2, 0.25) is 0 Å². The molecule has 0 saturated carbocycles. The minimum absolute atomic E-state index is 0.400. The number of carboxylic acid groups (broad SMARTS) is 1. The Morgan fingerprint density at radius 1 is 1.39 bits per heavy atom. The summed E-state index contributed by atoms with van der Waals surface area (Å²) < 4.78 is 5.06. The molecule has 0 aliphatic carbocycles. The molecule has 0 fully saturated rings. The van der Waals surface area contributed by atoms with Crippen LogP contribution in [0.15, 0.2) is 0 Å². The van der Waals surface area contributed by atoms with E-state index in [1.165, 1.54) is 0 Å². The molecular formula is C12H24N2O4. The monoisotopic (exact) mass is 260 g/mol. The van der Waals surface area contributed by atoms with Gasteiger partial charge in [-0.25, -0.2) is 4.79 Å². The van der Waals surface area contributed by atoms with Crippen LogP contribution in [0.4, 0.5) is 4.79 Å². The SMILES string of the molecule is CC(C(=O)O)[C@@H](N)CCCNC(=O)OC(C)(C)C. The largest absolute Gasteiger partial charge is 0.481 e. The normalized spacial score (nSPS) is 14.7. The third-order valence-electron chi connectivity index (χ3n) is 2.41. The number of ether oxygens (including phenoxy) is 1. The summed E-state index contributed by atoms with van der Waals surface area (Å²) in [7, 11) is 0. The van der Waals surface area contributed by atoms with Crippen molar-refractivity contribution >= 4 is 12.1 Å². The number of rotatable bonds is 6. The van der Waals surface area contributed by atoms with Crippen LogP contribution < -0.4 is 11.1 Å². The molecule has 0 bridgehead atoms. The first-order chi connectivity index (χ1) is 8.13. The van der Waals surface area contributed by atoms with Crippen molar-refractivity contribution in [2.24, 2.45) is 11.7 Å². The highest BCUT2D eigenvalue weighted by Crippen LogP contribution is 2.08. The number of alkyl carbamates (subject to hydrolysis) is 1. The standard InChI is InChI=1S/C12H24N2O4/c1-8(10(15)16)9(13)6-5-7-14-11(17)18-12(2,3)4/h8-9H,5-7,13H2,1-4H3,(H,14,17)(H,15,16)/t8?,9-/m0/s1. The van der Waals surface area contributed by atoms with Gasteiger partial charge in [-0.05, 0) is 33.6 Å². The van der Waals surface area contributed by atoms with Gasteiger partial charge in [0.25, 0.3) is 0 Å². The second kappa shape index (κ2) is 7.20. The van der Waals surface area contributed by atoms with Crippen molar-refractivity contribution in [3.63, 3.8) is 0 Å². The van der Waals surface area contributed by atoms with Crippen LogP contribution in [0.5, 0.6) is 0 Å². The fourth-order valence-corrected chi connectivity index (χ4v) is 1.28. The average molecular weight is 260 g/mol. The van der Waals surface area contributed by atoms with E-state index in [4.69, 9.17) is 15.6 Å². The maximum Gasteiger partial charge on any atom is 0.407 e. The molecule has 0 radical (unpaired) electrons. The van der Waals surface area contributed by atoms with Crippen LogP contribution in [0.3, 0.4) is 0 Å². The van der Waals surface area contributed by atoms with E-state index in [0.29, 0.717) is 19.4 Å². The van der Waals surface area contributed by atoms with Gasteiger partial charge in [-0.2, -0.15) is 0 Å². The van der Waals surface area contributed by atoms with E-state index in [1.807, 2.05) is 0 Å². The van der Waals surface area contributed by atoms with Crippen LogP contribution in [0, 0.1) is 5.92 Å². The molecule has 0 aromatic rings. The zero-order valence-electron chi connectivity index (χ0n) is 11.5. The highest BCUT2D eigenvalue weighted by atomic mass is 16.6. The lowest BCUT2D eigenvalue weighted by atomic mass is 9.99. The molecule has 4 N–H and O–H groups in total. The van der Waals surface area contributed by atoms with Crippen LogP contribution >= 0.6 is 0 Å². The maximum atomic E-state index is 11.3. The number of carboxylic acids is 1. The predicted octanol–water partition coefficient (Wildman–Crippen LogP) is 1.34. The topological polar surface area (TPSA) is 102 Å². The molecule has 2 atom stereocenters. The highest BCUT2D eigenvalue weighted by molar-refractivity contribution is 5.70. The van der Waals surface area contributed by atoms with Gasteiger partial charge in [0.1, 0.15) is 5.60 Å². The number of nitrogens with one attached hydrogen (secondary N) is 1. The summed E-state index contributed by atoms with van der Waals surface area (Å²) in [5.74, 6) is -1.48. The molecule has 106 valence electrons. The third-order valence-corrected chi connectivity index (χ3v) is 2.41. The highest BCUT2D eigenvalue weighted by Gasteiger charge is 2.19. The van der Waals surface area contributed by atoms with Crippen molar-refractivity contribution in [3.8, 4) is 0 Å². The molecule has 0 spiro atoms. The Bertz CT molecular complexity index is 286. The number of nitrogens with two attached hydrogens (primary N) is 1. The number of hydrogen-bond acceptors (Lipinski definition) is 4. The van der Waals surface area contributed by atoms with Crippen molar-refractivity contribution in [1.29, 1.82) is 0 Å². The van der Waals surface area contributed by atoms with E-state index in [0.717, 1.165) is 0 Å². The first-order valence-corrected chi connectivity index (χ1v) is 6.08. The lowest BCUT2D eigenvalue weighted by Crippen LogP contribution is -2.36. The summed E-state index contributed by atoms with van der Waals surface area (Å²) in [5.41, 5.74) is 5.20. The number of carbonyl (C=O) groups is 2. The van der Waals surface area contributed by atoms with E-state index in [1.54, 1.807) is 27.7 Å². The zero-order chi connectivity index (χ0) is 14.3. The summed E-state index contributed by atoms with van der Waals surface area (Å²) in [5, 5.41) is 11.4. The summed E-state index contributed by atoms with van der Waals surface area (Å²) in [6, 6.07) is -0.400. The maximum absolute atomic E-state index is 11.3. The fraction of sp³-hybridized carbons (Fsp3) is 0.833. The van der Waals surface area contributed by atoms with Crippen molar-refractivity contribution < 1.29 is 19.4 Å². The molecular weight excluding hydrogens is 236 g/mol. The smallest absolute Gasteiger partial charge is 0.407 e. The van der Waals surface area contributed by atoms with Crippen LogP contribution in [-0.4, -0.2) is 35.4 Å². The third kappa shape index (κ3) is 7.89. The van der Waals surface area contributed by atoms with Crippen LogP contribution in [0.25, 0.3) is 0 Å². The quantitative estimate of drug-likeness (QED) is 0.625. The first kappa shape index (κ1) is 16.7. The molecule has 1 amide bonds. The van der Waals surface area contributed by atoms with E-state index in [-0.39, 0.29) is 0 Å². The van der Waals surface area contributed by atoms with Gasteiger partial charge in [0.2, 0.25) is 0 Å². The van der Waals surface area contributed by atoms with Crippen molar-refractivity contribution in [2.75, 3.05) is 6.54 Å². The lowest BCUT2D eigenvalue weighted by molar-refractivity contribution is -0.141. The fourth-order valence-electron chi connectivity index (χ4n) is 1.28. The van der Waals surface area contributed by atoms with E-state index < -0.39 is 29.6 Å². The zero-order valence-corrected chi connectivity index (χ0v) is 11.5. The minimum atomic E-state index is -0.900. The van der Waals surface area contributed by atoms with Crippen LogP contribution in [0.1, 0.15) is 40.5 Å². The summed E-state index contributed by atoms with van der Waals surface area (Å²) in [6.45, 7) is 7.37. The van der Waals surface area contributed by atoms with Gasteiger partial charge in [0.05, 0.1) is 5.92 Å². The van der Waals surface area contributed by atoms with Crippen LogP contribution in [-0.2, 0) is 9.53 Å². The van der Waals surface area contributed by atoms with E-state index in [2.05, 4.69) is 5.32 Å².